The predicted molar refractivity (Wildman–Crippen MR) is 90.4 cm³/mol. The summed E-state index contributed by atoms with van der Waals surface area (Å²) in [4.78, 5) is 37.3. The van der Waals surface area contributed by atoms with Crippen LogP contribution in [-0.2, 0) is 9.59 Å². The number of hydrogen-bond donors (Lipinski definition) is 1. The molecule has 0 heterocycles. The van der Waals surface area contributed by atoms with Gasteiger partial charge in [0.2, 0.25) is 11.8 Å². The van der Waals surface area contributed by atoms with Crippen LogP contribution in [0.2, 0.25) is 0 Å². The predicted octanol–water partition coefficient (Wildman–Crippen LogP) is 2.25. The maximum absolute atomic E-state index is 12.3. The monoisotopic (exact) mass is 318 g/mol. The van der Waals surface area contributed by atoms with Gasteiger partial charge in [-0.15, -0.1) is 0 Å². The topological polar surface area (TPSA) is 66.5 Å². The molecule has 5 heteroatoms. The second-order valence-electron chi connectivity index (χ2n) is 6.21. The average Bonchev–Trinajstić information content (AvgIpc) is 2.45. The Kier molecular flexibility index (Phi) is 6.94. The minimum absolute atomic E-state index is 0.00861. The number of likely N-dealkylation sites (N-methyl/N-ethyl adjacent to an activating group) is 1. The Morgan fingerprint density at radius 1 is 1.13 bits per heavy atom. The SMILES string of the molecule is Cc1ccc(C)c(C(=O)CCC(=O)N(C)CC(=O)NC(C)C)c1. The number of carbonyl (C=O) groups is 3. The first kappa shape index (κ1) is 18.9. The number of aryl methyl sites for hydroxylation is 2. The minimum Gasteiger partial charge on any atom is -0.352 e. The first-order valence-electron chi connectivity index (χ1n) is 7.84. The number of benzene rings is 1. The molecule has 0 aliphatic rings. The molecule has 1 N–H and O–H groups in total. The first-order valence-corrected chi connectivity index (χ1v) is 7.84. The lowest BCUT2D eigenvalue weighted by Crippen LogP contribution is -2.40. The molecule has 1 aromatic carbocycles. The summed E-state index contributed by atoms with van der Waals surface area (Å²) in [5.41, 5.74) is 2.60. The standard InChI is InChI=1S/C18H26N2O3/c1-12(2)19-17(22)11-20(5)18(23)9-8-16(21)15-10-13(3)6-7-14(15)4/h6-7,10,12H,8-9,11H2,1-5H3,(H,19,22). The van der Waals surface area contributed by atoms with Gasteiger partial charge in [0, 0.05) is 31.5 Å². The summed E-state index contributed by atoms with van der Waals surface area (Å²) in [6.45, 7) is 7.55. The molecule has 0 radical (unpaired) electrons. The van der Waals surface area contributed by atoms with Gasteiger partial charge in [-0.3, -0.25) is 14.4 Å². The van der Waals surface area contributed by atoms with Crippen LogP contribution in [-0.4, -0.2) is 42.1 Å². The molecular formula is C18H26N2O3. The van der Waals surface area contributed by atoms with Crippen LogP contribution < -0.4 is 5.32 Å². The molecule has 0 aromatic heterocycles. The molecule has 1 rings (SSSR count). The van der Waals surface area contributed by atoms with Crippen molar-refractivity contribution >= 4 is 17.6 Å². The number of amides is 2. The number of carbonyl (C=O) groups excluding carboxylic acids is 3. The van der Waals surface area contributed by atoms with E-state index in [1.54, 1.807) is 7.05 Å². The van der Waals surface area contributed by atoms with E-state index >= 15 is 0 Å². The van der Waals surface area contributed by atoms with Gasteiger partial charge in [-0.05, 0) is 39.3 Å². The summed E-state index contributed by atoms with van der Waals surface area (Å²) in [5, 5.41) is 2.73. The molecule has 2 amide bonds. The van der Waals surface area contributed by atoms with Crippen LogP contribution in [0.25, 0.3) is 0 Å². The maximum atomic E-state index is 12.3. The van der Waals surface area contributed by atoms with E-state index in [2.05, 4.69) is 5.32 Å². The molecule has 0 atom stereocenters. The van der Waals surface area contributed by atoms with Crippen LogP contribution >= 0.6 is 0 Å². The van der Waals surface area contributed by atoms with E-state index in [1.165, 1.54) is 4.90 Å². The van der Waals surface area contributed by atoms with E-state index in [4.69, 9.17) is 0 Å². The van der Waals surface area contributed by atoms with Crippen molar-refractivity contribution in [1.29, 1.82) is 0 Å². The van der Waals surface area contributed by atoms with Crippen LogP contribution in [0.5, 0.6) is 0 Å². The van der Waals surface area contributed by atoms with Gasteiger partial charge in [0.25, 0.3) is 0 Å². The van der Waals surface area contributed by atoms with E-state index in [9.17, 15) is 14.4 Å². The summed E-state index contributed by atoms with van der Waals surface area (Å²) in [6, 6.07) is 5.75. The molecule has 0 aliphatic heterocycles. The number of hydrogen-bond acceptors (Lipinski definition) is 3. The third-order valence-electron chi connectivity index (χ3n) is 3.52. The Bertz CT molecular complexity index is 594. The van der Waals surface area contributed by atoms with E-state index in [0.717, 1.165) is 11.1 Å². The van der Waals surface area contributed by atoms with Crippen molar-refractivity contribution in [3.8, 4) is 0 Å². The molecule has 1 aromatic rings. The van der Waals surface area contributed by atoms with Gasteiger partial charge in [0.15, 0.2) is 5.78 Å². The second-order valence-corrected chi connectivity index (χ2v) is 6.21. The Morgan fingerprint density at radius 3 is 2.39 bits per heavy atom. The van der Waals surface area contributed by atoms with Gasteiger partial charge in [-0.25, -0.2) is 0 Å². The zero-order chi connectivity index (χ0) is 17.6. The van der Waals surface area contributed by atoms with Crippen molar-refractivity contribution in [2.24, 2.45) is 0 Å². The molecule has 0 aliphatic carbocycles. The van der Waals surface area contributed by atoms with Crippen molar-refractivity contribution in [3.05, 3.63) is 34.9 Å². The normalized spacial score (nSPS) is 10.5. The molecule has 0 saturated carbocycles. The molecule has 0 bridgehead atoms. The lowest BCUT2D eigenvalue weighted by Gasteiger charge is -2.17. The maximum Gasteiger partial charge on any atom is 0.239 e. The van der Waals surface area contributed by atoms with Crippen molar-refractivity contribution in [1.82, 2.24) is 10.2 Å². The Labute approximate surface area is 138 Å². The largest absolute Gasteiger partial charge is 0.352 e. The van der Waals surface area contributed by atoms with Gasteiger partial charge < -0.3 is 10.2 Å². The summed E-state index contributed by atoms with van der Waals surface area (Å²) >= 11 is 0. The highest BCUT2D eigenvalue weighted by atomic mass is 16.2. The van der Waals surface area contributed by atoms with Crippen LogP contribution in [0.4, 0.5) is 0 Å². The van der Waals surface area contributed by atoms with Crippen molar-refractivity contribution in [2.75, 3.05) is 13.6 Å². The number of nitrogens with one attached hydrogen (secondary N) is 1. The lowest BCUT2D eigenvalue weighted by molar-refractivity contribution is -0.134. The van der Waals surface area contributed by atoms with Crippen LogP contribution in [0.1, 0.15) is 48.2 Å². The van der Waals surface area contributed by atoms with E-state index < -0.39 is 0 Å². The quantitative estimate of drug-likeness (QED) is 0.784. The van der Waals surface area contributed by atoms with Crippen LogP contribution in [0, 0.1) is 13.8 Å². The summed E-state index contributed by atoms with van der Waals surface area (Å²) in [6.07, 6.45) is 0.261. The molecule has 23 heavy (non-hydrogen) atoms. The Balaban J connectivity index is 2.53. The molecule has 0 unspecified atom stereocenters. The molecular weight excluding hydrogens is 292 g/mol. The second kappa shape index (κ2) is 8.46. The van der Waals surface area contributed by atoms with Gasteiger partial charge in [-0.1, -0.05) is 17.7 Å². The molecule has 0 spiro atoms. The molecule has 0 saturated heterocycles. The first-order chi connectivity index (χ1) is 10.7. The summed E-state index contributed by atoms with van der Waals surface area (Å²) in [7, 11) is 1.57. The number of nitrogens with zero attached hydrogens (tertiary/aromatic N) is 1. The summed E-state index contributed by atoms with van der Waals surface area (Å²) < 4.78 is 0. The average molecular weight is 318 g/mol. The molecule has 5 nitrogen and oxygen atoms in total. The smallest absolute Gasteiger partial charge is 0.239 e. The van der Waals surface area contributed by atoms with E-state index in [1.807, 2.05) is 45.9 Å². The lowest BCUT2D eigenvalue weighted by atomic mass is 9.99. The summed E-state index contributed by atoms with van der Waals surface area (Å²) in [5.74, 6) is -0.446. The fourth-order valence-corrected chi connectivity index (χ4v) is 2.25. The fraction of sp³-hybridized carbons (Fsp3) is 0.500. The third kappa shape index (κ3) is 6.22. The van der Waals surface area contributed by atoms with Crippen molar-refractivity contribution < 1.29 is 14.4 Å². The van der Waals surface area contributed by atoms with E-state index in [0.29, 0.717) is 5.56 Å². The Hall–Kier alpha value is -2.17. The number of Topliss-reactive ketones (excluding diaryl/α,β-unsaturated/α-hetero) is 1. The van der Waals surface area contributed by atoms with Gasteiger partial charge in [0.1, 0.15) is 0 Å². The van der Waals surface area contributed by atoms with Gasteiger partial charge in [0.05, 0.1) is 6.54 Å². The highest BCUT2D eigenvalue weighted by molar-refractivity contribution is 5.99. The number of rotatable bonds is 7. The van der Waals surface area contributed by atoms with Gasteiger partial charge in [-0.2, -0.15) is 0 Å². The highest BCUT2D eigenvalue weighted by Gasteiger charge is 2.16. The van der Waals surface area contributed by atoms with Crippen molar-refractivity contribution in [3.63, 3.8) is 0 Å². The van der Waals surface area contributed by atoms with Crippen LogP contribution in [0.3, 0.4) is 0 Å². The van der Waals surface area contributed by atoms with E-state index in [-0.39, 0.29) is 43.0 Å². The van der Waals surface area contributed by atoms with Crippen LogP contribution in [0.15, 0.2) is 18.2 Å². The zero-order valence-corrected chi connectivity index (χ0v) is 14.6. The fourth-order valence-electron chi connectivity index (χ4n) is 2.25. The number of ketones is 1. The minimum atomic E-state index is -0.206. The third-order valence-corrected chi connectivity index (χ3v) is 3.52. The molecule has 126 valence electrons. The highest BCUT2D eigenvalue weighted by Crippen LogP contribution is 2.14. The molecule has 0 fully saturated rings. The van der Waals surface area contributed by atoms with Gasteiger partial charge >= 0.3 is 0 Å². The zero-order valence-electron chi connectivity index (χ0n) is 14.6. The Morgan fingerprint density at radius 2 is 1.78 bits per heavy atom. The van der Waals surface area contributed by atoms with Crippen molar-refractivity contribution in [2.45, 2.75) is 46.6 Å².